The first-order valence-corrected chi connectivity index (χ1v) is 12.2. The SMILES string of the molecule is O=C(NCCCN1CCOCC1)[C@H]1CCCN(S(=O)(=O)Cc2ccc(Cl)cc2)C1. The number of morpholine rings is 1. The predicted molar refractivity (Wildman–Crippen MR) is 113 cm³/mol. The lowest BCUT2D eigenvalue weighted by Crippen LogP contribution is -2.46. The van der Waals surface area contributed by atoms with Crippen LogP contribution in [0.3, 0.4) is 0 Å². The van der Waals surface area contributed by atoms with Crippen LogP contribution in [0.4, 0.5) is 0 Å². The van der Waals surface area contributed by atoms with Crippen LogP contribution in [-0.4, -0.2) is 76.0 Å². The molecule has 0 aliphatic carbocycles. The summed E-state index contributed by atoms with van der Waals surface area (Å²) in [5.41, 5.74) is 0.698. The van der Waals surface area contributed by atoms with Gasteiger partial charge in [-0.2, -0.15) is 0 Å². The molecule has 1 N–H and O–H groups in total. The van der Waals surface area contributed by atoms with Crippen LogP contribution in [0.15, 0.2) is 24.3 Å². The number of piperidine rings is 1. The predicted octanol–water partition coefficient (Wildman–Crippen LogP) is 1.72. The van der Waals surface area contributed by atoms with E-state index in [2.05, 4.69) is 10.2 Å². The van der Waals surface area contributed by atoms with Gasteiger partial charge in [0.25, 0.3) is 0 Å². The highest BCUT2D eigenvalue weighted by molar-refractivity contribution is 7.88. The third-order valence-electron chi connectivity index (χ3n) is 5.46. The molecule has 7 nitrogen and oxygen atoms in total. The minimum atomic E-state index is -3.46. The largest absolute Gasteiger partial charge is 0.379 e. The van der Waals surface area contributed by atoms with Crippen molar-refractivity contribution in [3.8, 4) is 0 Å². The van der Waals surface area contributed by atoms with E-state index in [0.717, 1.165) is 45.7 Å². The molecule has 2 fully saturated rings. The summed E-state index contributed by atoms with van der Waals surface area (Å²) in [4.78, 5) is 14.9. The number of halogens is 1. The summed E-state index contributed by atoms with van der Waals surface area (Å²) in [6.07, 6.45) is 2.31. The van der Waals surface area contributed by atoms with Crippen LogP contribution in [0.2, 0.25) is 5.02 Å². The standard InChI is InChI=1S/C20H30ClN3O4S/c21-19-6-4-17(5-7-19)16-29(26,27)24-10-1-3-18(15-24)20(25)22-8-2-9-23-11-13-28-14-12-23/h4-7,18H,1-3,8-16H2,(H,22,25)/t18-/m0/s1. The molecule has 9 heteroatoms. The zero-order valence-corrected chi connectivity index (χ0v) is 18.3. The Morgan fingerprint density at radius 1 is 1.17 bits per heavy atom. The molecule has 3 rings (SSSR count). The number of rotatable bonds is 8. The van der Waals surface area contributed by atoms with Gasteiger partial charge in [0.2, 0.25) is 15.9 Å². The summed E-state index contributed by atoms with van der Waals surface area (Å²) in [5, 5.41) is 3.57. The molecule has 0 aromatic heterocycles. The molecule has 1 aromatic carbocycles. The van der Waals surface area contributed by atoms with Crippen LogP contribution >= 0.6 is 11.6 Å². The van der Waals surface area contributed by atoms with Crippen molar-refractivity contribution in [3.05, 3.63) is 34.9 Å². The number of ether oxygens (including phenoxy) is 1. The second kappa shape index (κ2) is 10.7. The number of hydrogen-bond donors (Lipinski definition) is 1. The number of carbonyl (C=O) groups is 1. The number of nitrogens with one attached hydrogen (secondary N) is 1. The van der Waals surface area contributed by atoms with E-state index < -0.39 is 10.0 Å². The van der Waals surface area contributed by atoms with Gasteiger partial charge in [0.15, 0.2) is 0 Å². The lowest BCUT2D eigenvalue weighted by atomic mass is 9.99. The van der Waals surface area contributed by atoms with Crippen molar-refractivity contribution >= 4 is 27.5 Å². The fourth-order valence-corrected chi connectivity index (χ4v) is 5.51. The Morgan fingerprint density at radius 3 is 2.62 bits per heavy atom. The van der Waals surface area contributed by atoms with Crippen LogP contribution in [0.25, 0.3) is 0 Å². The molecular formula is C20H30ClN3O4S. The first kappa shape index (κ1) is 22.5. The summed E-state index contributed by atoms with van der Waals surface area (Å²) in [6.45, 7) is 5.71. The summed E-state index contributed by atoms with van der Waals surface area (Å²) < 4.78 is 32.4. The Labute approximate surface area is 178 Å². The van der Waals surface area contributed by atoms with Gasteiger partial charge in [-0.15, -0.1) is 0 Å². The van der Waals surface area contributed by atoms with Crippen molar-refractivity contribution < 1.29 is 17.9 Å². The average molecular weight is 444 g/mol. The number of hydrogen-bond acceptors (Lipinski definition) is 5. The molecular weight excluding hydrogens is 414 g/mol. The monoisotopic (exact) mass is 443 g/mol. The molecule has 1 amide bonds. The van der Waals surface area contributed by atoms with E-state index >= 15 is 0 Å². The third-order valence-corrected chi connectivity index (χ3v) is 7.53. The van der Waals surface area contributed by atoms with Crippen LogP contribution in [0.1, 0.15) is 24.8 Å². The van der Waals surface area contributed by atoms with Gasteiger partial charge in [-0.05, 0) is 43.5 Å². The molecule has 0 radical (unpaired) electrons. The molecule has 2 aliphatic heterocycles. The number of nitrogens with zero attached hydrogens (tertiary/aromatic N) is 2. The van der Waals surface area contributed by atoms with Crippen molar-refractivity contribution in [2.75, 3.05) is 52.5 Å². The summed E-state index contributed by atoms with van der Waals surface area (Å²) in [7, 11) is -3.46. The van der Waals surface area contributed by atoms with Gasteiger partial charge in [0.1, 0.15) is 0 Å². The van der Waals surface area contributed by atoms with Crippen LogP contribution in [-0.2, 0) is 25.3 Å². The number of benzene rings is 1. The molecule has 0 bridgehead atoms. The van der Waals surface area contributed by atoms with Gasteiger partial charge in [-0.1, -0.05) is 23.7 Å². The van der Waals surface area contributed by atoms with Crippen molar-refractivity contribution in [1.82, 2.24) is 14.5 Å². The Bertz CT molecular complexity index is 766. The molecule has 1 aromatic rings. The molecule has 29 heavy (non-hydrogen) atoms. The number of carbonyl (C=O) groups excluding carboxylic acids is 1. The van der Waals surface area contributed by atoms with E-state index in [-0.39, 0.29) is 24.1 Å². The summed E-state index contributed by atoms with van der Waals surface area (Å²) in [5.74, 6) is -0.400. The zero-order valence-electron chi connectivity index (χ0n) is 16.7. The maximum absolute atomic E-state index is 12.8. The molecule has 0 unspecified atom stereocenters. The molecule has 2 heterocycles. The van der Waals surface area contributed by atoms with Gasteiger partial charge in [-0.25, -0.2) is 12.7 Å². The molecule has 1 atom stereocenters. The molecule has 0 spiro atoms. The first-order chi connectivity index (χ1) is 13.9. The Morgan fingerprint density at radius 2 is 1.90 bits per heavy atom. The molecule has 2 saturated heterocycles. The fourth-order valence-electron chi connectivity index (χ4n) is 3.77. The van der Waals surface area contributed by atoms with Gasteiger partial charge < -0.3 is 10.1 Å². The Balaban J connectivity index is 1.44. The summed E-state index contributed by atoms with van der Waals surface area (Å²) in [6, 6.07) is 6.83. The lowest BCUT2D eigenvalue weighted by molar-refractivity contribution is -0.126. The van der Waals surface area contributed by atoms with Crippen molar-refractivity contribution in [1.29, 1.82) is 0 Å². The van der Waals surface area contributed by atoms with Crippen molar-refractivity contribution in [3.63, 3.8) is 0 Å². The third kappa shape index (κ3) is 6.93. The Hall–Kier alpha value is -1.19. The maximum atomic E-state index is 12.8. The first-order valence-electron chi connectivity index (χ1n) is 10.2. The van der Waals surface area contributed by atoms with E-state index in [9.17, 15) is 13.2 Å². The van der Waals surface area contributed by atoms with E-state index in [4.69, 9.17) is 16.3 Å². The van der Waals surface area contributed by atoms with Gasteiger partial charge in [0.05, 0.1) is 24.9 Å². The smallest absolute Gasteiger partial charge is 0.224 e. The highest BCUT2D eigenvalue weighted by Gasteiger charge is 2.32. The molecule has 0 saturated carbocycles. The minimum absolute atomic E-state index is 0.0432. The normalized spacial score (nSPS) is 21.8. The zero-order chi connectivity index (χ0) is 20.7. The number of amides is 1. The second-order valence-corrected chi connectivity index (χ2v) is 10.1. The molecule has 2 aliphatic rings. The quantitative estimate of drug-likeness (QED) is 0.619. The van der Waals surface area contributed by atoms with Crippen LogP contribution in [0.5, 0.6) is 0 Å². The average Bonchev–Trinajstić information content (AvgIpc) is 2.73. The van der Waals surface area contributed by atoms with Gasteiger partial charge in [-0.3, -0.25) is 9.69 Å². The second-order valence-electron chi connectivity index (χ2n) is 7.68. The fraction of sp³-hybridized carbons (Fsp3) is 0.650. The lowest BCUT2D eigenvalue weighted by Gasteiger charge is -2.31. The van der Waals surface area contributed by atoms with E-state index in [1.54, 1.807) is 24.3 Å². The topological polar surface area (TPSA) is 79.0 Å². The van der Waals surface area contributed by atoms with Crippen LogP contribution < -0.4 is 5.32 Å². The van der Waals surface area contributed by atoms with Crippen molar-refractivity contribution in [2.24, 2.45) is 5.92 Å². The van der Waals surface area contributed by atoms with E-state index in [1.807, 2.05) is 0 Å². The van der Waals surface area contributed by atoms with Gasteiger partial charge in [0, 0.05) is 37.7 Å². The Kier molecular flexibility index (Phi) is 8.32. The number of sulfonamides is 1. The van der Waals surface area contributed by atoms with E-state index in [1.165, 1.54) is 4.31 Å². The highest BCUT2D eigenvalue weighted by atomic mass is 35.5. The van der Waals surface area contributed by atoms with Gasteiger partial charge >= 0.3 is 0 Å². The van der Waals surface area contributed by atoms with Crippen molar-refractivity contribution in [2.45, 2.75) is 25.0 Å². The van der Waals surface area contributed by atoms with Crippen LogP contribution in [0, 0.1) is 5.92 Å². The highest BCUT2D eigenvalue weighted by Crippen LogP contribution is 2.22. The summed E-state index contributed by atoms with van der Waals surface area (Å²) >= 11 is 5.87. The molecule has 162 valence electrons. The maximum Gasteiger partial charge on any atom is 0.224 e. The minimum Gasteiger partial charge on any atom is -0.379 e. The van der Waals surface area contributed by atoms with E-state index in [0.29, 0.717) is 30.1 Å².